The van der Waals surface area contributed by atoms with Gasteiger partial charge in [0.2, 0.25) is 5.91 Å². The average Bonchev–Trinajstić information content (AvgIpc) is 2.86. The van der Waals surface area contributed by atoms with Crippen LogP contribution in [0.4, 0.5) is 4.39 Å². The maximum absolute atomic E-state index is 13.7. The van der Waals surface area contributed by atoms with Gasteiger partial charge in [-0.2, -0.15) is 0 Å². The largest absolute Gasteiger partial charge is 0.341 e. The first-order valence-corrected chi connectivity index (χ1v) is 8.25. The number of carbonyl (C=O) groups is 1. The first-order valence-electron chi connectivity index (χ1n) is 6.07. The van der Waals surface area contributed by atoms with E-state index in [0.29, 0.717) is 10.6 Å². The summed E-state index contributed by atoms with van der Waals surface area (Å²) in [6.07, 6.45) is 0. The van der Waals surface area contributed by atoms with Gasteiger partial charge in [-0.1, -0.05) is 40.8 Å². The number of aromatic nitrogens is 2. The number of hydrogen-bond donors (Lipinski definition) is 0. The van der Waals surface area contributed by atoms with E-state index in [1.807, 2.05) is 6.92 Å². The molecule has 0 saturated carbocycles. The quantitative estimate of drug-likeness (QED) is 0.779. The van der Waals surface area contributed by atoms with Gasteiger partial charge < -0.3 is 4.90 Å². The molecule has 2 rings (SSSR count). The van der Waals surface area contributed by atoms with Crippen molar-refractivity contribution in [2.24, 2.45) is 0 Å². The third kappa shape index (κ3) is 4.39. The molecule has 0 unspecified atom stereocenters. The topological polar surface area (TPSA) is 46.1 Å². The Balaban J connectivity index is 1.93. The molecule has 21 heavy (non-hydrogen) atoms. The second kappa shape index (κ2) is 7.20. The van der Waals surface area contributed by atoms with Crippen LogP contribution >= 0.6 is 34.7 Å². The second-order valence-corrected chi connectivity index (χ2v) is 7.14. The summed E-state index contributed by atoms with van der Waals surface area (Å²) in [7, 11) is 1.62. The maximum atomic E-state index is 13.7. The summed E-state index contributed by atoms with van der Waals surface area (Å²) in [6.45, 7) is 2.00. The van der Waals surface area contributed by atoms with E-state index in [9.17, 15) is 9.18 Å². The standard InChI is InChI=1S/C13H13ClFN3OS2/c1-8-16-17-13(21-8)20-7-12(19)18(2)6-9-10(14)4-3-5-11(9)15/h3-5H,6-7H2,1-2H3. The van der Waals surface area contributed by atoms with E-state index in [-0.39, 0.29) is 18.2 Å². The molecule has 0 bridgehead atoms. The smallest absolute Gasteiger partial charge is 0.233 e. The van der Waals surface area contributed by atoms with Gasteiger partial charge in [0.25, 0.3) is 0 Å². The number of hydrogen-bond acceptors (Lipinski definition) is 5. The Bertz CT molecular complexity index is 630. The van der Waals surface area contributed by atoms with Crippen LogP contribution in [-0.4, -0.2) is 33.8 Å². The predicted octanol–water partition coefficient (Wildman–Crippen LogP) is 3.39. The van der Waals surface area contributed by atoms with Gasteiger partial charge in [-0.05, 0) is 19.1 Å². The van der Waals surface area contributed by atoms with Crippen LogP contribution in [0.15, 0.2) is 22.5 Å². The molecule has 0 spiro atoms. The highest BCUT2D eigenvalue weighted by Crippen LogP contribution is 2.23. The van der Waals surface area contributed by atoms with Crippen molar-refractivity contribution in [1.82, 2.24) is 15.1 Å². The third-order valence-electron chi connectivity index (χ3n) is 2.71. The molecule has 0 aliphatic carbocycles. The van der Waals surface area contributed by atoms with E-state index in [4.69, 9.17) is 11.6 Å². The fourth-order valence-corrected chi connectivity index (χ4v) is 3.56. The zero-order chi connectivity index (χ0) is 15.4. The Hall–Kier alpha value is -1.18. The maximum Gasteiger partial charge on any atom is 0.233 e. The number of amides is 1. The van der Waals surface area contributed by atoms with Crippen LogP contribution in [0.3, 0.4) is 0 Å². The van der Waals surface area contributed by atoms with Gasteiger partial charge in [-0.25, -0.2) is 4.39 Å². The third-order valence-corrected chi connectivity index (χ3v) is 5.02. The molecule has 112 valence electrons. The molecule has 1 amide bonds. The molecule has 0 atom stereocenters. The minimum Gasteiger partial charge on any atom is -0.341 e. The highest BCUT2D eigenvalue weighted by molar-refractivity contribution is 8.01. The minimum atomic E-state index is -0.408. The van der Waals surface area contributed by atoms with Crippen molar-refractivity contribution in [1.29, 1.82) is 0 Å². The van der Waals surface area contributed by atoms with E-state index >= 15 is 0 Å². The van der Waals surface area contributed by atoms with Crippen molar-refractivity contribution in [2.45, 2.75) is 17.8 Å². The van der Waals surface area contributed by atoms with E-state index in [1.165, 1.54) is 40.1 Å². The van der Waals surface area contributed by atoms with Gasteiger partial charge in [0.1, 0.15) is 10.8 Å². The zero-order valence-corrected chi connectivity index (χ0v) is 13.9. The number of halogens is 2. The summed E-state index contributed by atoms with van der Waals surface area (Å²) in [5.41, 5.74) is 0.326. The lowest BCUT2D eigenvalue weighted by Crippen LogP contribution is -2.28. The van der Waals surface area contributed by atoms with E-state index in [2.05, 4.69) is 10.2 Å². The van der Waals surface area contributed by atoms with E-state index in [1.54, 1.807) is 13.1 Å². The molecular weight excluding hydrogens is 333 g/mol. The SMILES string of the molecule is Cc1nnc(SCC(=O)N(C)Cc2c(F)cccc2Cl)s1. The van der Waals surface area contributed by atoms with Crippen LogP contribution < -0.4 is 0 Å². The van der Waals surface area contributed by atoms with Gasteiger partial charge in [-0.15, -0.1) is 10.2 Å². The van der Waals surface area contributed by atoms with Gasteiger partial charge >= 0.3 is 0 Å². The number of rotatable bonds is 5. The first-order chi connectivity index (χ1) is 9.97. The van der Waals surface area contributed by atoms with Crippen LogP contribution in [0, 0.1) is 12.7 Å². The summed E-state index contributed by atoms with van der Waals surface area (Å²) in [5, 5.41) is 9.00. The number of benzene rings is 1. The number of carbonyl (C=O) groups excluding carboxylic acids is 1. The fraction of sp³-hybridized carbons (Fsp3) is 0.308. The summed E-state index contributed by atoms with van der Waals surface area (Å²) < 4.78 is 14.4. The lowest BCUT2D eigenvalue weighted by Gasteiger charge is -2.18. The molecule has 0 saturated heterocycles. The molecule has 0 fully saturated rings. The van der Waals surface area contributed by atoms with Crippen molar-refractivity contribution in [3.8, 4) is 0 Å². The summed E-state index contributed by atoms with van der Waals surface area (Å²) in [5.74, 6) is -0.293. The number of aryl methyl sites for hydroxylation is 1. The Morgan fingerprint density at radius 1 is 1.48 bits per heavy atom. The van der Waals surface area contributed by atoms with Crippen LogP contribution in [0.2, 0.25) is 5.02 Å². The number of nitrogens with zero attached hydrogens (tertiary/aromatic N) is 3. The van der Waals surface area contributed by atoms with Crippen LogP contribution in [-0.2, 0) is 11.3 Å². The summed E-state index contributed by atoms with van der Waals surface area (Å²) >= 11 is 8.72. The van der Waals surface area contributed by atoms with Gasteiger partial charge in [0, 0.05) is 24.2 Å². The lowest BCUT2D eigenvalue weighted by molar-refractivity contribution is -0.127. The normalized spacial score (nSPS) is 10.7. The van der Waals surface area contributed by atoms with Gasteiger partial charge in [0.05, 0.1) is 5.75 Å². The van der Waals surface area contributed by atoms with Crippen molar-refractivity contribution in [3.05, 3.63) is 39.6 Å². The zero-order valence-electron chi connectivity index (χ0n) is 11.5. The lowest BCUT2D eigenvalue weighted by atomic mass is 10.2. The number of thioether (sulfide) groups is 1. The van der Waals surface area contributed by atoms with Gasteiger partial charge in [0.15, 0.2) is 4.34 Å². The van der Waals surface area contributed by atoms with E-state index in [0.717, 1.165) is 9.35 Å². The molecule has 2 aromatic rings. The molecule has 4 nitrogen and oxygen atoms in total. The van der Waals surface area contributed by atoms with Crippen LogP contribution in [0.1, 0.15) is 10.6 Å². The van der Waals surface area contributed by atoms with Crippen molar-refractivity contribution in [3.63, 3.8) is 0 Å². The van der Waals surface area contributed by atoms with Crippen LogP contribution in [0.25, 0.3) is 0 Å². The Morgan fingerprint density at radius 3 is 2.86 bits per heavy atom. The molecule has 0 aliphatic heterocycles. The second-order valence-electron chi connectivity index (χ2n) is 4.33. The molecule has 1 aromatic carbocycles. The van der Waals surface area contributed by atoms with Crippen molar-refractivity contribution >= 4 is 40.6 Å². The molecule has 0 aliphatic rings. The molecule has 0 radical (unpaired) electrons. The highest BCUT2D eigenvalue weighted by Gasteiger charge is 2.15. The Labute approximate surface area is 135 Å². The molecule has 8 heteroatoms. The Morgan fingerprint density at radius 2 is 2.24 bits per heavy atom. The first kappa shape index (κ1) is 16.2. The van der Waals surface area contributed by atoms with Crippen LogP contribution in [0.5, 0.6) is 0 Å². The van der Waals surface area contributed by atoms with Crippen molar-refractivity contribution in [2.75, 3.05) is 12.8 Å². The summed E-state index contributed by atoms with van der Waals surface area (Å²) in [4.78, 5) is 13.5. The predicted molar refractivity (Wildman–Crippen MR) is 83.3 cm³/mol. The van der Waals surface area contributed by atoms with Gasteiger partial charge in [-0.3, -0.25) is 4.79 Å². The molecule has 0 N–H and O–H groups in total. The van der Waals surface area contributed by atoms with Crippen molar-refractivity contribution < 1.29 is 9.18 Å². The molecular formula is C13H13ClFN3OS2. The fourth-order valence-electron chi connectivity index (χ4n) is 1.58. The minimum absolute atomic E-state index is 0.118. The monoisotopic (exact) mass is 345 g/mol. The Kier molecular flexibility index (Phi) is 5.55. The van der Waals surface area contributed by atoms with E-state index < -0.39 is 5.82 Å². The molecule has 1 heterocycles. The molecule has 1 aromatic heterocycles. The summed E-state index contributed by atoms with van der Waals surface area (Å²) in [6, 6.07) is 4.48. The highest BCUT2D eigenvalue weighted by atomic mass is 35.5. The average molecular weight is 346 g/mol.